The molecule has 1 atom stereocenters. The molecule has 0 bridgehead atoms. The van der Waals surface area contributed by atoms with E-state index >= 15 is 0 Å². The summed E-state index contributed by atoms with van der Waals surface area (Å²) in [5.74, 6) is 0.522. The Labute approximate surface area is 108 Å². The average molecular weight is 302 g/mol. The molecule has 5 heteroatoms. The zero-order valence-corrected chi connectivity index (χ0v) is 11.7. The molecule has 0 radical (unpaired) electrons. The van der Waals surface area contributed by atoms with E-state index in [0.717, 1.165) is 11.1 Å². The Morgan fingerprint density at radius 1 is 1.35 bits per heavy atom. The van der Waals surface area contributed by atoms with Crippen LogP contribution in [0.3, 0.4) is 0 Å². The van der Waals surface area contributed by atoms with Crippen molar-refractivity contribution >= 4 is 20.9 Å². The second-order valence-corrected chi connectivity index (χ2v) is 5.65. The third-order valence-electron chi connectivity index (χ3n) is 2.23. The molecule has 0 unspecified atom stereocenters. The molecule has 17 heavy (non-hydrogen) atoms. The van der Waals surface area contributed by atoms with Gasteiger partial charge >= 0.3 is 107 Å². The molecule has 0 aromatic heterocycles. The Bertz CT molecular complexity index is 353. The number of rotatable bonds is 6. The quantitative estimate of drug-likeness (QED) is 0.624. The van der Waals surface area contributed by atoms with Gasteiger partial charge in [-0.15, -0.1) is 0 Å². The first-order valence-corrected chi connectivity index (χ1v) is 7.63. The molecule has 2 N–H and O–H groups in total. The number of hydrogen-bond donors (Lipinski definition) is 1. The molecule has 0 fully saturated rings. The van der Waals surface area contributed by atoms with E-state index in [1.807, 2.05) is 24.3 Å². The van der Waals surface area contributed by atoms with E-state index in [0.29, 0.717) is 20.3 Å². The maximum atomic E-state index is 11.1. The van der Waals surface area contributed by atoms with Crippen molar-refractivity contribution in [3.05, 3.63) is 29.8 Å². The third-order valence-corrected chi connectivity index (χ3v) is 4.60. The summed E-state index contributed by atoms with van der Waals surface area (Å²) in [5.41, 5.74) is 6.90. The van der Waals surface area contributed by atoms with Gasteiger partial charge in [0.25, 0.3) is 0 Å². The minimum atomic E-state index is -0.488. The Kier molecular flexibility index (Phi) is 6.05. The zero-order chi connectivity index (χ0) is 12.7. The van der Waals surface area contributed by atoms with Gasteiger partial charge in [0.2, 0.25) is 0 Å². The molecule has 0 spiro atoms. The Hall–Kier alpha value is -1.03. The molecule has 0 heterocycles. The number of benzene rings is 1. The Balaban J connectivity index is 2.33. The van der Waals surface area contributed by atoms with Crippen LogP contribution in [0.25, 0.3) is 0 Å². The van der Waals surface area contributed by atoms with E-state index in [4.69, 9.17) is 10.5 Å². The van der Waals surface area contributed by atoms with Crippen LogP contribution in [0, 0.1) is 0 Å². The van der Waals surface area contributed by atoms with E-state index in [1.165, 1.54) is 12.7 Å². The van der Waals surface area contributed by atoms with Gasteiger partial charge in [-0.25, -0.2) is 0 Å². The standard InChI is InChI=1S/C12H17NO3Se/c1-15-10-5-3-9(4-6-10)7-17-8-11(13)12(14)16-2/h3-6,11H,7-8,13H2,1-2H3/t11-/m0/s1. The summed E-state index contributed by atoms with van der Waals surface area (Å²) < 4.78 is 9.66. The first kappa shape index (κ1) is 14.0. The van der Waals surface area contributed by atoms with Crippen molar-refractivity contribution in [2.75, 3.05) is 14.2 Å². The molecule has 0 aliphatic heterocycles. The van der Waals surface area contributed by atoms with Crippen molar-refractivity contribution in [1.82, 2.24) is 0 Å². The molecule has 94 valence electrons. The number of carbonyl (C=O) groups excluding carboxylic acids is 1. The van der Waals surface area contributed by atoms with Crippen molar-refractivity contribution in [2.45, 2.75) is 16.7 Å². The Morgan fingerprint density at radius 2 is 2.00 bits per heavy atom. The van der Waals surface area contributed by atoms with E-state index in [-0.39, 0.29) is 5.97 Å². The molecule has 0 saturated carbocycles. The predicted octanol–water partition coefficient (Wildman–Crippen LogP) is 0.818. The summed E-state index contributed by atoms with van der Waals surface area (Å²) >= 11 is 0.308. The van der Waals surface area contributed by atoms with Crippen LogP contribution in [0.15, 0.2) is 24.3 Å². The second kappa shape index (κ2) is 7.33. The molecule has 0 aliphatic rings. The first-order chi connectivity index (χ1) is 8.17. The van der Waals surface area contributed by atoms with Gasteiger partial charge in [0.05, 0.1) is 0 Å². The van der Waals surface area contributed by atoms with Crippen LogP contribution < -0.4 is 10.5 Å². The predicted molar refractivity (Wildman–Crippen MR) is 67.3 cm³/mol. The normalized spacial score (nSPS) is 11.9. The number of hydrogen-bond acceptors (Lipinski definition) is 4. The molecule has 1 aromatic rings. The maximum absolute atomic E-state index is 11.1. The van der Waals surface area contributed by atoms with E-state index in [9.17, 15) is 4.79 Å². The van der Waals surface area contributed by atoms with E-state index < -0.39 is 6.04 Å². The van der Waals surface area contributed by atoms with E-state index in [1.54, 1.807) is 7.11 Å². The van der Waals surface area contributed by atoms with Gasteiger partial charge in [0, 0.05) is 0 Å². The summed E-state index contributed by atoms with van der Waals surface area (Å²) in [5, 5.41) is 1.66. The zero-order valence-electron chi connectivity index (χ0n) is 10.0. The molecule has 1 rings (SSSR count). The molecule has 1 aromatic carbocycles. The Morgan fingerprint density at radius 3 is 2.53 bits per heavy atom. The number of esters is 1. The van der Waals surface area contributed by atoms with Gasteiger partial charge in [-0.2, -0.15) is 0 Å². The van der Waals surface area contributed by atoms with Crippen molar-refractivity contribution in [1.29, 1.82) is 0 Å². The van der Waals surface area contributed by atoms with Crippen molar-refractivity contribution in [2.24, 2.45) is 5.73 Å². The fraction of sp³-hybridized carbons (Fsp3) is 0.417. The summed E-state index contributed by atoms with van der Waals surface area (Å²) in [6.45, 7) is 0. The van der Waals surface area contributed by atoms with Crippen LogP contribution in [0.4, 0.5) is 0 Å². The van der Waals surface area contributed by atoms with Gasteiger partial charge in [-0.1, -0.05) is 0 Å². The van der Waals surface area contributed by atoms with Crippen molar-refractivity contribution in [3.63, 3.8) is 0 Å². The van der Waals surface area contributed by atoms with Crippen molar-refractivity contribution in [3.8, 4) is 5.75 Å². The molecular weight excluding hydrogens is 285 g/mol. The summed E-state index contributed by atoms with van der Waals surface area (Å²) in [6.07, 6.45) is 0. The molecule has 0 aliphatic carbocycles. The third kappa shape index (κ3) is 4.77. The molecule has 0 amide bonds. The number of methoxy groups -OCH3 is 2. The van der Waals surface area contributed by atoms with Crippen molar-refractivity contribution < 1.29 is 14.3 Å². The molecular formula is C12H17NO3Se. The average Bonchev–Trinajstić information content (AvgIpc) is 2.38. The van der Waals surface area contributed by atoms with Gasteiger partial charge in [-0.3, -0.25) is 0 Å². The van der Waals surface area contributed by atoms with Crippen LogP contribution in [0.1, 0.15) is 5.56 Å². The minimum absolute atomic E-state index is 0.308. The van der Waals surface area contributed by atoms with E-state index in [2.05, 4.69) is 4.74 Å². The summed E-state index contributed by atoms with van der Waals surface area (Å²) in [4.78, 5) is 11.1. The van der Waals surface area contributed by atoms with Crippen LogP contribution in [0.2, 0.25) is 5.32 Å². The number of ether oxygens (including phenoxy) is 2. The van der Waals surface area contributed by atoms with Crippen LogP contribution in [0.5, 0.6) is 5.75 Å². The first-order valence-electron chi connectivity index (χ1n) is 5.21. The second-order valence-electron chi connectivity index (χ2n) is 3.49. The number of nitrogens with two attached hydrogens (primary N) is 1. The monoisotopic (exact) mass is 303 g/mol. The topological polar surface area (TPSA) is 61.5 Å². The van der Waals surface area contributed by atoms with Gasteiger partial charge in [0.1, 0.15) is 0 Å². The van der Waals surface area contributed by atoms with Gasteiger partial charge in [-0.05, 0) is 0 Å². The molecule has 4 nitrogen and oxygen atoms in total. The summed E-state index contributed by atoms with van der Waals surface area (Å²) in [6, 6.07) is 7.45. The van der Waals surface area contributed by atoms with Gasteiger partial charge < -0.3 is 0 Å². The van der Waals surface area contributed by atoms with Crippen LogP contribution >= 0.6 is 0 Å². The summed E-state index contributed by atoms with van der Waals surface area (Å²) in [7, 11) is 3.01. The number of carbonyl (C=O) groups is 1. The fourth-order valence-corrected chi connectivity index (χ4v) is 3.21. The van der Waals surface area contributed by atoms with Gasteiger partial charge in [0.15, 0.2) is 0 Å². The fourth-order valence-electron chi connectivity index (χ4n) is 1.24. The SMILES string of the molecule is COC(=O)[C@@H](N)C[Se]Cc1ccc(OC)cc1. The molecule has 0 saturated heterocycles. The van der Waals surface area contributed by atoms with Crippen LogP contribution in [-0.2, 0) is 14.9 Å². The van der Waals surface area contributed by atoms with Crippen LogP contribution in [-0.4, -0.2) is 41.2 Å².